The van der Waals surface area contributed by atoms with Crippen molar-refractivity contribution in [3.05, 3.63) is 11.3 Å². The van der Waals surface area contributed by atoms with Gasteiger partial charge in [0.25, 0.3) is 0 Å². The fourth-order valence-corrected chi connectivity index (χ4v) is 0.965. The predicted molar refractivity (Wildman–Crippen MR) is 48.8 cm³/mol. The van der Waals surface area contributed by atoms with Gasteiger partial charge >= 0.3 is 0 Å². The summed E-state index contributed by atoms with van der Waals surface area (Å²) in [6.45, 7) is 1.80. The summed E-state index contributed by atoms with van der Waals surface area (Å²) >= 11 is 0. The third-order valence-corrected chi connectivity index (χ3v) is 1.71. The standard InChI is InChI=1S/C9H15NO3/c1-7(5-6-11)8(13-2)3-4-9(10)12/h6H,3-5H2,1-2H3,(H2,10,12)/b8-7-. The van der Waals surface area contributed by atoms with Crippen molar-refractivity contribution in [3.63, 3.8) is 0 Å². The monoisotopic (exact) mass is 185 g/mol. The van der Waals surface area contributed by atoms with E-state index in [4.69, 9.17) is 10.5 Å². The van der Waals surface area contributed by atoms with Crippen LogP contribution in [-0.4, -0.2) is 19.3 Å². The predicted octanol–water partition coefficient (Wildman–Crippen LogP) is 0.761. The smallest absolute Gasteiger partial charge is 0.217 e. The summed E-state index contributed by atoms with van der Waals surface area (Å²) in [6.07, 6.45) is 1.85. The lowest BCUT2D eigenvalue weighted by molar-refractivity contribution is -0.118. The number of nitrogens with two attached hydrogens (primary N) is 1. The van der Waals surface area contributed by atoms with Crippen LogP contribution in [0.3, 0.4) is 0 Å². The molecular formula is C9H15NO3. The number of hydrogen-bond donors (Lipinski definition) is 1. The average molecular weight is 185 g/mol. The van der Waals surface area contributed by atoms with Gasteiger partial charge in [-0.1, -0.05) is 0 Å². The van der Waals surface area contributed by atoms with Gasteiger partial charge in [-0.3, -0.25) is 4.79 Å². The normalized spacial score (nSPS) is 11.8. The molecule has 0 atom stereocenters. The first-order valence-corrected chi connectivity index (χ1v) is 4.06. The Bertz CT molecular complexity index is 221. The van der Waals surface area contributed by atoms with E-state index in [1.54, 1.807) is 6.92 Å². The lowest BCUT2D eigenvalue weighted by Gasteiger charge is -2.07. The number of allylic oxidation sites excluding steroid dienone is 2. The molecule has 0 aliphatic rings. The fraction of sp³-hybridized carbons (Fsp3) is 0.556. The Morgan fingerprint density at radius 2 is 2.08 bits per heavy atom. The minimum absolute atomic E-state index is 0.249. The summed E-state index contributed by atoms with van der Waals surface area (Å²) in [5, 5.41) is 0. The van der Waals surface area contributed by atoms with E-state index in [9.17, 15) is 9.59 Å². The minimum Gasteiger partial charge on any atom is -0.501 e. The maximum absolute atomic E-state index is 10.5. The number of carbonyl (C=O) groups excluding carboxylic acids is 2. The average Bonchev–Trinajstić information content (AvgIpc) is 2.05. The number of aldehydes is 1. The number of primary amides is 1. The summed E-state index contributed by atoms with van der Waals surface area (Å²) in [5.41, 5.74) is 5.83. The Labute approximate surface area is 77.7 Å². The maximum Gasteiger partial charge on any atom is 0.217 e. The van der Waals surface area contributed by atoms with Gasteiger partial charge < -0.3 is 15.3 Å². The van der Waals surface area contributed by atoms with Gasteiger partial charge in [0.2, 0.25) is 5.91 Å². The van der Waals surface area contributed by atoms with Crippen LogP contribution in [0, 0.1) is 0 Å². The number of carbonyl (C=O) groups is 2. The van der Waals surface area contributed by atoms with Crippen LogP contribution in [0.4, 0.5) is 0 Å². The molecule has 2 N–H and O–H groups in total. The van der Waals surface area contributed by atoms with Gasteiger partial charge in [0.05, 0.1) is 12.9 Å². The fourth-order valence-electron chi connectivity index (χ4n) is 0.965. The minimum atomic E-state index is -0.367. The van der Waals surface area contributed by atoms with Crippen LogP contribution in [0.25, 0.3) is 0 Å². The Hall–Kier alpha value is -1.32. The first-order chi connectivity index (χ1) is 6.11. The molecule has 0 saturated carbocycles. The maximum atomic E-state index is 10.5. The van der Waals surface area contributed by atoms with Gasteiger partial charge in [0.1, 0.15) is 6.29 Å². The molecule has 0 fully saturated rings. The van der Waals surface area contributed by atoms with E-state index in [-0.39, 0.29) is 12.3 Å². The lowest BCUT2D eigenvalue weighted by atomic mass is 10.1. The molecule has 0 aromatic rings. The van der Waals surface area contributed by atoms with Gasteiger partial charge in [-0.05, 0) is 12.5 Å². The van der Waals surface area contributed by atoms with Crippen molar-refractivity contribution in [2.24, 2.45) is 5.73 Å². The second kappa shape index (κ2) is 6.22. The molecule has 0 saturated heterocycles. The van der Waals surface area contributed by atoms with E-state index >= 15 is 0 Å². The van der Waals surface area contributed by atoms with Crippen LogP contribution in [0.1, 0.15) is 26.2 Å². The number of ether oxygens (including phenoxy) is 1. The molecule has 0 spiro atoms. The highest BCUT2D eigenvalue weighted by Crippen LogP contribution is 2.13. The van der Waals surface area contributed by atoms with Crippen molar-refractivity contribution in [2.45, 2.75) is 26.2 Å². The van der Waals surface area contributed by atoms with Crippen LogP contribution >= 0.6 is 0 Å². The third kappa shape index (κ3) is 5.00. The highest BCUT2D eigenvalue weighted by molar-refractivity contribution is 5.73. The van der Waals surface area contributed by atoms with E-state index in [0.717, 1.165) is 11.9 Å². The summed E-state index contributed by atoms with van der Waals surface area (Å²) in [6, 6.07) is 0. The quantitative estimate of drug-likeness (QED) is 0.490. The van der Waals surface area contributed by atoms with Crippen molar-refractivity contribution >= 4 is 12.2 Å². The molecule has 74 valence electrons. The molecule has 0 heterocycles. The van der Waals surface area contributed by atoms with Gasteiger partial charge in [-0.25, -0.2) is 0 Å². The van der Waals surface area contributed by atoms with E-state index in [1.165, 1.54) is 7.11 Å². The van der Waals surface area contributed by atoms with Crippen molar-refractivity contribution in [2.75, 3.05) is 7.11 Å². The number of hydrogen-bond acceptors (Lipinski definition) is 3. The number of methoxy groups -OCH3 is 1. The van der Waals surface area contributed by atoms with Gasteiger partial charge in [0.15, 0.2) is 0 Å². The second-order valence-electron chi connectivity index (χ2n) is 2.74. The molecule has 0 aliphatic heterocycles. The van der Waals surface area contributed by atoms with Crippen LogP contribution in [0.2, 0.25) is 0 Å². The summed E-state index contributed by atoms with van der Waals surface area (Å²) in [4.78, 5) is 20.7. The zero-order chi connectivity index (χ0) is 10.3. The van der Waals surface area contributed by atoms with Gasteiger partial charge in [-0.15, -0.1) is 0 Å². The van der Waals surface area contributed by atoms with Crippen LogP contribution in [0.5, 0.6) is 0 Å². The van der Waals surface area contributed by atoms with E-state index in [2.05, 4.69) is 0 Å². The molecule has 0 unspecified atom stereocenters. The molecule has 4 heteroatoms. The van der Waals surface area contributed by atoms with Gasteiger partial charge in [0, 0.05) is 19.3 Å². The number of amides is 1. The van der Waals surface area contributed by atoms with E-state index in [1.807, 2.05) is 0 Å². The first-order valence-electron chi connectivity index (χ1n) is 4.06. The van der Waals surface area contributed by atoms with Crippen molar-refractivity contribution < 1.29 is 14.3 Å². The Balaban J connectivity index is 4.21. The summed E-state index contributed by atoms with van der Waals surface area (Å²) in [7, 11) is 1.52. The van der Waals surface area contributed by atoms with E-state index < -0.39 is 0 Å². The zero-order valence-corrected chi connectivity index (χ0v) is 8.00. The Morgan fingerprint density at radius 3 is 2.46 bits per heavy atom. The molecule has 0 aliphatic carbocycles. The molecule has 0 aromatic carbocycles. The third-order valence-electron chi connectivity index (χ3n) is 1.71. The van der Waals surface area contributed by atoms with Crippen molar-refractivity contribution in [1.29, 1.82) is 0 Å². The highest BCUT2D eigenvalue weighted by Gasteiger charge is 2.04. The molecule has 4 nitrogen and oxygen atoms in total. The largest absolute Gasteiger partial charge is 0.501 e. The SMILES string of the molecule is CO/C(CCC(N)=O)=C(/C)CC=O. The topological polar surface area (TPSA) is 69.4 Å². The second-order valence-corrected chi connectivity index (χ2v) is 2.74. The molecule has 0 bridgehead atoms. The van der Waals surface area contributed by atoms with Crippen molar-refractivity contribution in [1.82, 2.24) is 0 Å². The zero-order valence-electron chi connectivity index (χ0n) is 8.00. The van der Waals surface area contributed by atoms with Crippen LogP contribution in [-0.2, 0) is 14.3 Å². The van der Waals surface area contributed by atoms with E-state index in [0.29, 0.717) is 18.6 Å². The highest BCUT2D eigenvalue weighted by atomic mass is 16.5. The number of rotatable bonds is 6. The molecular weight excluding hydrogens is 170 g/mol. The molecule has 1 amide bonds. The first kappa shape index (κ1) is 11.7. The Kier molecular flexibility index (Phi) is 5.59. The molecule has 13 heavy (non-hydrogen) atoms. The Morgan fingerprint density at radius 1 is 1.46 bits per heavy atom. The van der Waals surface area contributed by atoms with Gasteiger partial charge in [-0.2, -0.15) is 0 Å². The molecule has 0 aromatic heterocycles. The van der Waals surface area contributed by atoms with Crippen molar-refractivity contribution in [3.8, 4) is 0 Å². The summed E-state index contributed by atoms with van der Waals surface area (Å²) < 4.78 is 5.03. The molecule has 0 rings (SSSR count). The molecule has 0 radical (unpaired) electrons. The van der Waals surface area contributed by atoms with Crippen LogP contribution < -0.4 is 5.73 Å². The lowest BCUT2D eigenvalue weighted by Crippen LogP contribution is -2.10. The van der Waals surface area contributed by atoms with Crippen LogP contribution in [0.15, 0.2) is 11.3 Å². The summed E-state index contributed by atoms with van der Waals surface area (Å²) in [5.74, 6) is 0.305.